The monoisotopic (exact) mass is 285 g/mol. The van der Waals surface area contributed by atoms with Crippen molar-refractivity contribution in [2.75, 3.05) is 13.1 Å². The van der Waals surface area contributed by atoms with Crippen molar-refractivity contribution >= 4 is 5.91 Å². The van der Waals surface area contributed by atoms with E-state index in [9.17, 15) is 4.79 Å². The van der Waals surface area contributed by atoms with Crippen LogP contribution in [0.4, 0.5) is 0 Å². The molecule has 2 aromatic heterocycles. The Kier molecular flexibility index (Phi) is 4.01. The lowest BCUT2D eigenvalue weighted by atomic mass is 10.2. The van der Waals surface area contributed by atoms with Gasteiger partial charge in [-0.15, -0.1) is 0 Å². The van der Waals surface area contributed by atoms with Crippen LogP contribution in [0.1, 0.15) is 28.0 Å². The molecule has 1 atom stereocenters. The quantitative estimate of drug-likeness (QED) is 0.936. The molecule has 2 aromatic rings. The molecule has 3 heterocycles. The average molecular weight is 285 g/mol. The van der Waals surface area contributed by atoms with Gasteiger partial charge in [-0.25, -0.2) is 0 Å². The van der Waals surface area contributed by atoms with Gasteiger partial charge in [0.1, 0.15) is 0 Å². The second-order valence-electron chi connectivity index (χ2n) is 5.34. The standard InChI is InChI=1S/C16H19N3O2/c1-12-15(4-8-18-12)16(20)19-9-5-14(10-19)21-11-13-2-6-17-7-3-13/h2-4,6-8,14,18H,5,9-11H2,1H3. The summed E-state index contributed by atoms with van der Waals surface area (Å²) in [6.07, 6.45) is 6.33. The van der Waals surface area contributed by atoms with E-state index in [1.807, 2.05) is 30.0 Å². The molecule has 1 unspecified atom stereocenters. The van der Waals surface area contributed by atoms with Crippen LogP contribution >= 0.6 is 0 Å². The highest BCUT2D eigenvalue weighted by atomic mass is 16.5. The first-order valence-corrected chi connectivity index (χ1v) is 7.18. The molecule has 0 bridgehead atoms. The number of rotatable bonds is 4. The molecular weight excluding hydrogens is 266 g/mol. The number of pyridine rings is 1. The number of carbonyl (C=O) groups is 1. The summed E-state index contributed by atoms with van der Waals surface area (Å²) < 4.78 is 5.89. The van der Waals surface area contributed by atoms with Crippen molar-refractivity contribution in [3.63, 3.8) is 0 Å². The van der Waals surface area contributed by atoms with E-state index in [4.69, 9.17) is 4.74 Å². The number of ether oxygens (including phenoxy) is 1. The van der Waals surface area contributed by atoms with E-state index in [2.05, 4.69) is 9.97 Å². The van der Waals surface area contributed by atoms with E-state index in [1.165, 1.54) is 0 Å². The first-order valence-electron chi connectivity index (χ1n) is 7.18. The first-order chi connectivity index (χ1) is 10.2. The number of hydrogen-bond acceptors (Lipinski definition) is 3. The Hall–Kier alpha value is -2.14. The minimum atomic E-state index is 0.0868. The normalized spacial score (nSPS) is 18.1. The van der Waals surface area contributed by atoms with Crippen molar-refractivity contribution in [2.45, 2.75) is 26.1 Å². The number of aryl methyl sites for hydroxylation is 1. The summed E-state index contributed by atoms with van der Waals surface area (Å²) in [6.45, 7) is 3.90. The third kappa shape index (κ3) is 3.13. The predicted octanol–water partition coefficient (Wildman–Crippen LogP) is 2.15. The fourth-order valence-corrected chi connectivity index (χ4v) is 2.60. The molecular formula is C16H19N3O2. The summed E-state index contributed by atoms with van der Waals surface area (Å²) in [6, 6.07) is 5.73. The molecule has 0 radical (unpaired) electrons. The molecule has 1 aliphatic heterocycles. The van der Waals surface area contributed by atoms with Crippen molar-refractivity contribution in [3.05, 3.63) is 53.6 Å². The van der Waals surface area contributed by atoms with Crippen LogP contribution in [0.15, 0.2) is 36.8 Å². The van der Waals surface area contributed by atoms with Crippen LogP contribution in [-0.4, -0.2) is 40.0 Å². The minimum Gasteiger partial charge on any atom is -0.372 e. The highest BCUT2D eigenvalue weighted by Crippen LogP contribution is 2.18. The van der Waals surface area contributed by atoms with Gasteiger partial charge in [-0.1, -0.05) is 0 Å². The number of hydrogen-bond donors (Lipinski definition) is 1. The summed E-state index contributed by atoms with van der Waals surface area (Å²) in [5.41, 5.74) is 2.78. The Bertz CT molecular complexity index is 609. The van der Waals surface area contributed by atoms with E-state index < -0.39 is 0 Å². The highest BCUT2D eigenvalue weighted by Gasteiger charge is 2.28. The minimum absolute atomic E-state index is 0.0868. The smallest absolute Gasteiger partial charge is 0.255 e. The predicted molar refractivity (Wildman–Crippen MR) is 78.9 cm³/mol. The van der Waals surface area contributed by atoms with Crippen molar-refractivity contribution in [1.82, 2.24) is 14.9 Å². The third-order valence-electron chi connectivity index (χ3n) is 3.85. The van der Waals surface area contributed by atoms with Crippen LogP contribution in [0.2, 0.25) is 0 Å². The van der Waals surface area contributed by atoms with Gasteiger partial charge in [-0.3, -0.25) is 9.78 Å². The van der Waals surface area contributed by atoms with Gasteiger partial charge >= 0.3 is 0 Å². The molecule has 0 spiro atoms. The zero-order valence-corrected chi connectivity index (χ0v) is 12.1. The summed E-state index contributed by atoms with van der Waals surface area (Å²) >= 11 is 0. The second-order valence-corrected chi connectivity index (χ2v) is 5.34. The maximum Gasteiger partial charge on any atom is 0.255 e. The molecule has 110 valence electrons. The summed E-state index contributed by atoms with van der Waals surface area (Å²) in [5, 5.41) is 0. The summed E-state index contributed by atoms with van der Waals surface area (Å²) in [7, 11) is 0. The van der Waals surface area contributed by atoms with Crippen molar-refractivity contribution in [2.24, 2.45) is 0 Å². The van der Waals surface area contributed by atoms with Crippen LogP contribution < -0.4 is 0 Å². The van der Waals surface area contributed by atoms with Gasteiger partial charge in [0.2, 0.25) is 0 Å². The lowest BCUT2D eigenvalue weighted by molar-refractivity contribution is 0.0437. The van der Waals surface area contributed by atoms with E-state index in [0.29, 0.717) is 13.2 Å². The average Bonchev–Trinajstić information content (AvgIpc) is 3.14. The molecule has 1 saturated heterocycles. The van der Waals surface area contributed by atoms with E-state index in [-0.39, 0.29) is 12.0 Å². The molecule has 1 aliphatic rings. The van der Waals surface area contributed by atoms with Gasteiger partial charge in [0.05, 0.1) is 18.3 Å². The van der Waals surface area contributed by atoms with Gasteiger partial charge in [0.15, 0.2) is 0 Å². The Morgan fingerprint density at radius 2 is 2.24 bits per heavy atom. The van der Waals surface area contributed by atoms with Crippen molar-refractivity contribution in [1.29, 1.82) is 0 Å². The molecule has 1 amide bonds. The summed E-state index contributed by atoms with van der Waals surface area (Å²) in [4.78, 5) is 21.3. The Labute approximate surface area is 124 Å². The number of likely N-dealkylation sites (tertiary alicyclic amines) is 1. The van der Waals surface area contributed by atoms with Gasteiger partial charge in [0, 0.05) is 37.4 Å². The Balaban J connectivity index is 1.54. The summed E-state index contributed by atoms with van der Waals surface area (Å²) in [5.74, 6) is 0.0868. The first kappa shape index (κ1) is 13.8. The zero-order valence-electron chi connectivity index (χ0n) is 12.1. The SMILES string of the molecule is Cc1[nH]ccc1C(=O)N1CCC(OCc2ccncc2)C1. The van der Waals surface area contributed by atoms with Crippen molar-refractivity contribution < 1.29 is 9.53 Å². The van der Waals surface area contributed by atoms with Crippen molar-refractivity contribution in [3.8, 4) is 0 Å². The number of aromatic amines is 1. The Morgan fingerprint density at radius 3 is 2.95 bits per heavy atom. The molecule has 5 heteroatoms. The molecule has 0 saturated carbocycles. The van der Waals surface area contributed by atoms with Crippen LogP contribution in [0.3, 0.4) is 0 Å². The molecule has 1 N–H and O–H groups in total. The number of amides is 1. The highest BCUT2D eigenvalue weighted by molar-refractivity contribution is 5.95. The number of nitrogens with zero attached hydrogens (tertiary/aromatic N) is 2. The van der Waals surface area contributed by atoms with Gasteiger partial charge in [0.25, 0.3) is 5.91 Å². The molecule has 1 fully saturated rings. The van der Waals surface area contributed by atoms with Crippen LogP contribution in [0.25, 0.3) is 0 Å². The number of nitrogens with one attached hydrogen (secondary N) is 1. The lowest BCUT2D eigenvalue weighted by Crippen LogP contribution is -2.30. The van der Waals surface area contributed by atoms with E-state index in [0.717, 1.165) is 29.8 Å². The van der Waals surface area contributed by atoms with Crippen LogP contribution in [-0.2, 0) is 11.3 Å². The number of carbonyl (C=O) groups excluding carboxylic acids is 1. The topological polar surface area (TPSA) is 58.2 Å². The molecule has 5 nitrogen and oxygen atoms in total. The Morgan fingerprint density at radius 1 is 1.43 bits per heavy atom. The maximum atomic E-state index is 12.4. The van der Waals surface area contributed by atoms with Crippen LogP contribution in [0.5, 0.6) is 0 Å². The fraction of sp³-hybridized carbons (Fsp3) is 0.375. The molecule has 21 heavy (non-hydrogen) atoms. The lowest BCUT2D eigenvalue weighted by Gasteiger charge is -2.16. The zero-order chi connectivity index (χ0) is 14.7. The maximum absolute atomic E-state index is 12.4. The molecule has 0 aliphatic carbocycles. The van der Waals surface area contributed by atoms with E-state index in [1.54, 1.807) is 18.6 Å². The van der Waals surface area contributed by atoms with Gasteiger partial charge < -0.3 is 14.6 Å². The fourth-order valence-electron chi connectivity index (χ4n) is 2.60. The third-order valence-corrected chi connectivity index (χ3v) is 3.85. The van der Waals surface area contributed by atoms with E-state index >= 15 is 0 Å². The molecule has 0 aromatic carbocycles. The second kappa shape index (κ2) is 6.10. The van der Waals surface area contributed by atoms with Crippen LogP contribution in [0, 0.1) is 6.92 Å². The van der Waals surface area contributed by atoms with Gasteiger partial charge in [-0.2, -0.15) is 0 Å². The number of H-pyrrole nitrogens is 1. The largest absolute Gasteiger partial charge is 0.372 e. The number of aromatic nitrogens is 2. The molecule has 3 rings (SSSR count). The van der Waals surface area contributed by atoms with Gasteiger partial charge in [-0.05, 0) is 37.1 Å².